The van der Waals surface area contributed by atoms with Crippen LogP contribution in [-0.4, -0.2) is 21.4 Å². The SMILES string of the molecule is Cc1nccn1-c1ccc(NC(=O)c2ccc(NC(=O)C(C)C)cc2)cc1F. The van der Waals surface area contributed by atoms with E-state index >= 15 is 0 Å². The fourth-order valence-electron chi connectivity index (χ4n) is 2.61. The number of carbonyl (C=O) groups excluding carboxylic acids is 2. The first kappa shape index (κ1) is 19.3. The molecule has 0 bridgehead atoms. The van der Waals surface area contributed by atoms with Crippen molar-refractivity contribution in [1.82, 2.24) is 9.55 Å². The molecule has 0 unspecified atom stereocenters. The van der Waals surface area contributed by atoms with Gasteiger partial charge in [0.1, 0.15) is 11.6 Å². The Balaban J connectivity index is 1.70. The zero-order valence-corrected chi connectivity index (χ0v) is 15.9. The summed E-state index contributed by atoms with van der Waals surface area (Å²) in [6, 6.07) is 11.0. The average molecular weight is 380 g/mol. The Bertz CT molecular complexity index is 1010. The van der Waals surface area contributed by atoms with Crippen LogP contribution in [0.15, 0.2) is 54.9 Å². The lowest BCUT2D eigenvalue weighted by atomic mass is 10.1. The highest BCUT2D eigenvalue weighted by molar-refractivity contribution is 6.04. The van der Waals surface area contributed by atoms with Gasteiger partial charge in [-0.2, -0.15) is 0 Å². The molecule has 1 heterocycles. The second-order valence-electron chi connectivity index (χ2n) is 6.69. The molecular weight excluding hydrogens is 359 g/mol. The highest BCUT2D eigenvalue weighted by atomic mass is 19.1. The first-order valence-electron chi connectivity index (χ1n) is 8.87. The fourth-order valence-corrected chi connectivity index (χ4v) is 2.61. The lowest BCUT2D eigenvalue weighted by Crippen LogP contribution is -2.18. The molecule has 3 rings (SSSR count). The number of halogens is 1. The van der Waals surface area contributed by atoms with Crippen LogP contribution in [0.1, 0.15) is 30.0 Å². The van der Waals surface area contributed by atoms with Gasteiger partial charge in [0.05, 0.1) is 5.69 Å². The zero-order valence-electron chi connectivity index (χ0n) is 15.9. The third-order valence-corrected chi connectivity index (χ3v) is 4.23. The average Bonchev–Trinajstić information content (AvgIpc) is 3.08. The minimum atomic E-state index is -0.467. The summed E-state index contributed by atoms with van der Waals surface area (Å²) in [5.74, 6) is -0.397. The Morgan fingerprint density at radius 1 is 1.04 bits per heavy atom. The topological polar surface area (TPSA) is 76.0 Å². The standard InChI is InChI=1S/C21H21FN4O2/c1-13(2)20(27)24-16-6-4-15(5-7-16)21(28)25-17-8-9-19(18(22)12-17)26-11-10-23-14(26)3/h4-13H,1-3H3,(H,24,27)(H,25,28). The third kappa shape index (κ3) is 4.25. The Kier molecular flexibility index (Phi) is 5.54. The van der Waals surface area contributed by atoms with E-state index in [4.69, 9.17) is 0 Å². The van der Waals surface area contributed by atoms with Crippen molar-refractivity contribution in [3.8, 4) is 5.69 Å². The van der Waals surface area contributed by atoms with Gasteiger partial charge in [0.15, 0.2) is 0 Å². The summed E-state index contributed by atoms with van der Waals surface area (Å²) in [5.41, 5.74) is 1.72. The minimum Gasteiger partial charge on any atom is -0.326 e. The van der Waals surface area contributed by atoms with Gasteiger partial charge in [-0.15, -0.1) is 0 Å². The maximum atomic E-state index is 14.4. The number of nitrogens with one attached hydrogen (secondary N) is 2. The Morgan fingerprint density at radius 3 is 2.29 bits per heavy atom. The first-order valence-corrected chi connectivity index (χ1v) is 8.87. The maximum absolute atomic E-state index is 14.4. The van der Waals surface area contributed by atoms with Crippen LogP contribution in [0.3, 0.4) is 0 Å². The molecule has 0 saturated carbocycles. The molecule has 0 radical (unpaired) electrons. The molecule has 3 aromatic rings. The monoisotopic (exact) mass is 380 g/mol. The predicted molar refractivity (Wildman–Crippen MR) is 106 cm³/mol. The van der Waals surface area contributed by atoms with E-state index in [2.05, 4.69) is 15.6 Å². The molecule has 0 atom stereocenters. The first-order chi connectivity index (χ1) is 13.3. The fraction of sp³-hybridized carbons (Fsp3) is 0.190. The van der Waals surface area contributed by atoms with Gasteiger partial charge >= 0.3 is 0 Å². The second kappa shape index (κ2) is 8.04. The number of aromatic nitrogens is 2. The Hall–Kier alpha value is -3.48. The molecule has 0 aliphatic heterocycles. The predicted octanol–water partition coefficient (Wildman–Crippen LogP) is 4.17. The number of amides is 2. The van der Waals surface area contributed by atoms with E-state index in [1.54, 1.807) is 74.1 Å². The van der Waals surface area contributed by atoms with E-state index in [9.17, 15) is 14.0 Å². The van der Waals surface area contributed by atoms with Crippen LogP contribution in [0.25, 0.3) is 5.69 Å². The Labute approximate surface area is 162 Å². The number of imidazole rings is 1. The molecule has 2 amide bonds. The van der Waals surface area contributed by atoms with Gasteiger partial charge in [-0.25, -0.2) is 9.37 Å². The molecule has 1 aromatic heterocycles. The van der Waals surface area contributed by atoms with Crippen LogP contribution >= 0.6 is 0 Å². The molecule has 0 aliphatic rings. The van der Waals surface area contributed by atoms with Crippen molar-refractivity contribution in [2.45, 2.75) is 20.8 Å². The molecule has 7 heteroatoms. The van der Waals surface area contributed by atoms with Crippen LogP contribution in [0.5, 0.6) is 0 Å². The molecular formula is C21H21FN4O2. The minimum absolute atomic E-state index is 0.0964. The highest BCUT2D eigenvalue weighted by Gasteiger charge is 2.12. The molecule has 28 heavy (non-hydrogen) atoms. The van der Waals surface area contributed by atoms with Crippen LogP contribution in [0, 0.1) is 18.7 Å². The third-order valence-electron chi connectivity index (χ3n) is 4.23. The molecule has 0 saturated heterocycles. The molecule has 0 spiro atoms. The van der Waals surface area contributed by atoms with E-state index < -0.39 is 5.82 Å². The van der Waals surface area contributed by atoms with Crippen molar-refractivity contribution in [3.05, 3.63) is 72.1 Å². The second-order valence-corrected chi connectivity index (χ2v) is 6.69. The lowest BCUT2D eigenvalue weighted by molar-refractivity contribution is -0.118. The van der Waals surface area contributed by atoms with Crippen LogP contribution in [-0.2, 0) is 4.79 Å². The number of anilines is 2. The van der Waals surface area contributed by atoms with Gasteiger partial charge in [0.2, 0.25) is 5.91 Å². The number of hydrogen-bond donors (Lipinski definition) is 2. The van der Waals surface area contributed by atoms with Crippen LogP contribution in [0.2, 0.25) is 0 Å². The van der Waals surface area contributed by atoms with Crippen molar-refractivity contribution < 1.29 is 14.0 Å². The van der Waals surface area contributed by atoms with E-state index in [0.717, 1.165) is 0 Å². The van der Waals surface area contributed by atoms with Gasteiger partial charge in [0.25, 0.3) is 5.91 Å². The number of benzene rings is 2. The van der Waals surface area contributed by atoms with Gasteiger partial charge in [-0.05, 0) is 49.4 Å². The maximum Gasteiger partial charge on any atom is 0.255 e. The summed E-state index contributed by atoms with van der Waals surface area (Å²) in [6.07, 6.45) is 3.27. The summed E-state index contributed by atoms with van der Waals surface area (Å²) in [7, 11) is 0. The summed E-state index contributed by atoms with van der Waals surface area (Å²) >= 11 is 0. The number of carbonyl (C=O) groups is 2. The number of nitrogens with zero attached hydrogens (tertiary/aromatic N) is 2. The van der Waals surface area contributed by atoms with Gasteiger partial charge in [-0.3, -0.25) is 9.59 Å². The molecule has 144 valence electrons. The summed E-state index contributed by atoms with van der Waals surface area (Å²) in [4.78, 5) is 28.2. The van der Waals surface area contributed by atoms with Gasteiger partial charge in [0, 0.05) is 35.2 Å². The molecule has 2 aromatic carbocycles. The molecule has 6 nitrogen and oxygen atoms in total. The largest absolute Gasteiger partial charge is 0.326 e. The highest BCUT2D eigenvalue weighted by Crippen LogP contribution is 2.20. The van der Waals surface area contributed by atoms with E-state index in [1.807, 2.05) is 0 Å². The van der Waals surface area contributed by atoms with Crippen molar-refractivity contribution in [2.24, 2.45) is 5.92 Å². The molecule has 0 aliphatic carbocycles. The lowest BCUT2D eigenvalue weighted by Gasteiger charge is -2.11. The summed E-state index contributed by atoms with van der Waals surface area (Å²) in [5, 5.41) is 5.43. The van der Waals surface area contributed by atoms with Crippen molar-refractivity contribution in [1.29, 1.82) is 0 Å². The van der Waals surface area contributed by atoms with E-state index in [0.29, 0.717) is 28.5 Å². The van der Waals surface area contributed by atoms with Gasteiger partial charge in [-0.1, -0.05) is 13.8 Å². The Morgan fingerprint density at radius 2 is 1.71 bits per heavy atom. The number of rotatable bonds is 5. The van der Waals surface area contributed by atoms with Gasteiger partial charge < -0.3 is 15.2 Å². The number of hydrogen-bond acceptors (Lipinski definition) is 3. The summed E-state index contributed by atoms with van der Waals surface area (Å²) in [6.45, 7) is 5.38. The zero-order chi connectivity index (χ0) is 20.3. The van der Waals surface area contributed by atoms with Crippen LogP contribution < -0.4 is 10.6 Å². The van der Waals surface area contributed by atoms with Crippen molar-refractivity contribution in [3.63, 3.8) is 0 Å². The number of aryl methyl sites for hydroxylation is 1. The quantitative estimate of drug-likeness (QED) is 0.698. The van der Waals surface area contributed by atoms with Crippen LogP contribution in [0.4, 0.5) is 15.8 Å². The van der Waals surface area contributed by atoms with E-state index in [1.165, 1.54) is 6.07 Å². The normalized spacial score (nSPS) is 10.8. The smallest absolute Gasteiger partial charge is 0.255 e. The molecule has 2 N–H and O–H groups in total. The molecule has 0 fully saturated rings. The summed E-state index contributed by atoms with van der Waals surface area (Å²) < 4.78 is 16.1. The van der Waals surface area contributed by atoms with E-state index in [-0.39, 0.29) is 17.7 Å². The van der Waals surface area contributed by atoms with Crippen molar-refractivity contribution >= 4 is 23.2 Å². The van der Waals surface area contributed by atoms with Crippen molar-refractivity contribution in [2.75, 3.05) is 10.6 Å².